The van der Waals surface area contributed by atoms with Crippen LogP contribution in [-0.2, 0) is 16.0 Å². The van der Waals surface area contributed by atoms with Crippen LogP contribution in [0, 0.1) is 0 Å². The lowest BCUT2D eigenvalue weighted by Crippen LogP contribution is -2.51. The van der Waals surface area contributed by atoms with Gasteiger partial charge in [-0.3, -0.25) is 24.1 Å². The number of piperidine rings is 1. The van der Waals surface area contributed by atoms with Crippen molar-refractivity contribution in [1.29, 1.82) is 0 Å². The summed E-state index contributed by atoms with van der Waals surface area (Å²) in [6.07, 6.45) is 8.09. The summed E-state index contributed by atoms with van der Waals surface area (Å²) >= 11 is 0. The molecule has 4 amide bonds. The molecule has 230 valence electrons. The van der Waals surface area contributed by atoms with Gasteiger partial charge in [0.05, 0.1) is 17.3 Å². The minimum Gasteiger partial charge on any atom is -0.384 e. The van der Waals surface area contributed by atoms with E-state index in [9.17, 15) is 19.2 Å². The molecular weight excluding hydrogens is 560 g/mol. The van der Waals surface area contributed by atoms with Crippen LogP contribution < -0.4 is 21.3 Å². The van der Waals surface area contributed by atoms with Crippen molar-refractivity contribution in [1.82, 2.24) is 30.1 Å². The van der Waals surface area contributed by atoms with Crippen molar-refractivity contribution in [2.24, 2.45) is 0 Å². The number of carbonyl (C=O) groups excluding carboxylic acids is 4. The van der Waals surface area contributed by atoms with Gasteiger partial charge in [0.1, 0.15) is 11.9 Å². The highest BCUT2D eigenvalue weighted by molar-refractivity contribution is 6.25. The Bertz CT molecular complexity index is 1630. The average Bonchev–Trinajstić information content (AvgIpc) is 3.71. The summed E-state index contributed by atoms with van der Waals surface area (Å²) in [5.74, 6) is -0.430. The summed E-state index contributed by atoms with van der Waals surface area (Å²) < 4.78 is 1.82. The minimum absolute atomic E-state index is 0.0123. The molecule has 44 heavy (non-hydrogen) atoms. The topological polar surface area (TPSA) is 150 Å². The Morgan fingerprint density at radius 2 is 1.95 bits per heavy atom. The Hall–Kier alpha value is -4.74. The summed E-state index contributed by atoms with van der Waals surface area (Å²) in [7, 11) is 0. The number of allylic oxidation sites excluding steroid dienone is 1. The first-order valence-corrected chi connectivity index (χ1v) is 15.5. The molecule has 3 aliphatic rings. The molecular formula is C32H38N8O4. The zero-order valence-electron chi connectivity index (χ0n) is 24.9. The molecule has 1 aromatic carbocycles. The van der Waals surface area contributed by atoms with E-state index < -0.39 is 23.8 Å². The highest BCUT2D eigenvalue weighted by Crippen LogP contribution is 2.33. The average molecular weight is 599 g/mol. The van der Waals surface area contributed by atoms with Gasteiger partial charge in [-0.25, -0.2) is 4.98 Å². The highest BCUT2D eigenvalue weighted by Gasteiger charge is 2.45. The van der Waals surface area contributed by atoms with Crippen molar-refractivity contribution in [3.63, 3.8) is 0 Å². The second kappa shape index (κ2) is 12.5. The van der Waals surface area contributed by atoms with Crippen LogP contribution in [0.2, 0.25) is 0 Å². The molecule has 0 bridgehead atoms. The predicted octanol–water partition coefficient (Wildman–Crippen LogP) is 3.41. The van der Waals surface area contributed by atoms with Crippen LogP contribution in [0.15, 0.2) is 48.8 Å². The number of fused-ring (bicyclic) bond motifs is 2. The summed E-state index contributed by atoms with van der Waals surface area (Å²) in [6, 6.07) is 8.50. The molecule has 3 aromatic rings. The number of aryl methyl sites for hydroxylation is 1. The monoisotopic (exact) mass is 598 g/mol. The summed E-state index contributed by atoms with van der Waals surface area (Å²) in [4.78, 5) is 57.4. The fourth-order valence-electron chi connectivity index (χ4n) is 6.42. The highest BCUT2D eigenvalue weighted by atomic mass is 16.2. The smallest absolute Gasteiger partial charge is 0.264 e. The van der Waals surface area contributed by atoms with Crippen LogP contribution >= 0.6 is 0 Å². The molecule has 3 atom stereocenters. The molecule has 1 saturated carbocycles. The molecule has 0 spiro atoms. The molecule has 4 N–H and O–H groups in total. The van der Waals surface area contributed by atoms with E-state index in [1.165, 1.54) is 0 Å². The van der Waals surface area contributed by atoms with Gasteiger partial charge in [-0.1, -0.05) is 26.0 Å². The van der Waals surface area contributed by atoms with Crippen molar-refractivity contribution in [2.45, 2.75) is 82.8 Å². The van der Waals surface area contributed by atoms with Crippen molar-refractivity contribution in [2.75, 3.05) is 17.2 Å². The van der Waals surface area contributed by atoms with Crippen molar-refractivity contribution < 1.29 is 19.2 Å². The van der Waals surface area contributed by atoms with Gasteiger partial charge >= 0.3 is 0 Å². The van der Waals surface area contributed by atoms with Gasteiger partial charge in [-0.15, -0.1) is 0 Å². The number of carbonyl (C=O) groups is 4. The van der Waals surface area contributed by atoms with Crippen LogP contribution in [0.5, 0.6) is 0 Å². The maximum Gasteiger partial charge on any atom is 0.264 e. The van der Waals surface area contributed by atoms with Gasteiger partial charge < -0.3 is 21.3 Å². The first kappa shape index (κ1) is 29.3. The number of nitrogens with one attached hydrogen (secondary N) is 4. The minimum atomic E-state index is -0.857. The summed E-state index contributed by atoms with van der Waals surface area (Å²) in [6.45, 7) is 6.35. The number of rotatable bonds is 11. The number of anilines is 2. The molecule has 6 rings (SSSR count). The van der Waals surface area contributed by atoms with E-state index in [1.807, 2.05) is 10.6 Å². The van der Waals surface area contributed by atoms with E-state index in [0.717, 1.165) is 54.2 Å². The zero-order valence-corrected chi connectivity index (χ0v) is 24.9. The number of nitrogens with zero attached hydrogens (tertiary/aromatic N) is 4. The van der Waals surface area contributed by atoms with Gasteiger partial charge in [0.15, 0.2) is 5.65 Å². The third-order valence-corrected chi connectivity index (χ3v) is 8.54. The van der Waals surface area contributed by atoms with Crippen LogP contribution in [0.1, 0.15) is 84.7 Å². The molecule has 12 nitrogen and oxygen atoms in total. The number of benzene rings is 1. The molecule has 1 aliphatic carbocycles. The quantitative estimate of drug-likeness (QED) is 0.194. The first-order valence-electron chi connectivity index (χ1n) is 15.5. The normalized spacial score (nSPS) is 21.5. The zero-order chi connectivity index (χ0) is 30.8. The Balaban J connectivity index is 0.981. The van der Waals surface area contributed by atoms with E-state index in [-0.39, 0.29) is 29.1 Å². The van der Waals surface area contributed by atoms with Gasteiger partial charge in [0.2, 0.25) is 11.8 Å². The summed E-state index contributed by atoms with van der Waals surface area (Å²) in [5.41, 5.74) is 3.52. The lowest BCUT2D eigenvalue weighted by molar-refractivity contribution is -0.125. The van der Waals surface area contributed by atoms with Crippen LogP contribution in [0.3, 0.4) is 0 Å². The fourth-order valence-corrected chi connectivity index (χ4v) is 6.42. The van der Waals surface area contributed by atoms with Gasteiger partial charge in [-0.2, -0.15) is 9.61 Å². The van der Waals surface area contributed by atoms with Crippen molar-refractivity contribution in [3.05, 3.63) is 65.6 Å². The molecule has 2 aliphatic heterocycles. The molecule has 1 unspecified atom stereocenters. The van der Waals surface area contributed by atoms with E-state index in [1.54, 1.807) is 24.4 Å². The lowest BCUT2D eigenvalue weighted by atomic mass is 10.0. The Labute approximate surface area is 255 Å². The Morgan fingerprint density at radius 1 is 1.11 bits per heavy atom. The second-order valence-corrected chi connectivity index (χ2v) is 11.8. The molecule has 12 heteroatoms. The Kier molecular flexibility index (Phi) is 8.32. The molecule has 0 radical (unpaired) electrons. The third kappa shape index (κ3) is 5.88. The molecule has 4 heterocycles. The molecule has 2 aromatic heterocycles. The van der Waals surface area contributed by atoms with Crippen LogP contribution in [0.25, 0.3) is 5.65 Å². The standard InChI is InChI=1S/C32H38N8O4/c1-3-6-20-18-27(40-26(36-20)14-16-34-40)37-21-11-12-22(17-21)38-28(41)9-5-15-33-24-8-4-7-23-29(24)32(44)39(31(23)43)25-13-10-19(2)35-30(25)42/h4,7-8,14,16,18,21-22,25,33,37H,2-3,5-6,9-13,15,17H2,1H3,(H,35,42)(H,38,41)/t21-,22-,25?/m1/s1. The fraction of sp³-hybridized carbons (Fsp3) is 0.438. The SMILES string of the molecule is C=C1CCC(N2C(=O)c3cccc(NCCCC(=O)N[C@@H]4CC[C@@H](Nc5cc(CCC)nc6ccnn56)C4)c3C2=O)C(=O)N1. The number of hydrogen-bond acceptors (Lipinski definition) is 8. The third-order valence-electron chi connectivity index (χ3n) is 8.54. The second-order valence-electron chi connectivity index (χ2n) is 11.8. The maximum absolute atomic E-state index is 13.3. The van der Waals surface area contributed by atoms with Gasteiger partial charge in [0.25, 0.3) is 11.8 Å². The van der Waals surface area contributed by atoms with E-state index in [0.29, 0.717) is 43.6 Å². The number of amides is 4. The summed E-state index contributed by atoms with van der Waals surface area (Å²) in [5, 5.41) is 17.1. The largest absolute Gasteiger partial charge is 0.384 e. The number of aromatic nitrogens is 3. The number of imide groups is 1. The lowest BCUT2D eigenvalue weighted by Gasteiger charge is -2.29. The van der Waals surface area contributed by atoms with Crippen LogP contribution in [0.4, 0.5) is 11.5 Å². The van der Waals surface area contributed by atoms with Crippen molar-refractivity contribution >= 4 is 40.8 Å². The van der Waals surface area contributed by atoms with Crippen LogP contribution in [-0.4, -0.2) is 67.8 Å². The number of hydrogen-bond donors (Lipinski definition) is 4. The van der Waals surface area contributed by atoms with E-state index >= 15 is 0 Å². The Morgan fingerprint density at radius 3 is 2.77 bits per heavy atom. The maximum atomic E-state index is 13.3. The first-order chi connectivity index (χ1) is 21.3. The van der Waals surface area contributed by atoms with Gasteiger partial charge in [-0.05, 0) is 57.1 Å². The van der Waals surface area contributed by atoms with E-state index in [4.69, 9.17) is 0 Å². The predicted molar refractivity (Wildman–Crippen MR) is 165 cm³/mol. The van der Waals surface area contributed by atoms with Crippen molar-refractivity contribution in [3.8, 4) is 0 Å². The van der Waals surface area contributed by atoms with Gasteiger partial charge in [0, 0.05) is 54.3 Å². The molecule has 1 saturated heterocycles. The molecule has 2 fully saturated rings. The van der Waals surface area contributed by atoms with E-state index in [2.05, 4.69) is 50.9 Å².